The third kappa shape index (κ3) is 3.15. The largest absolute Gasteiger partial charge is 0.302 e. The third-order valence-electron chi connectivity index (χ3n) is 6.80. The van der Waals surface area contributed by atoms with Crippen molar-refractivity contribution in [2.24, 2.45) is 0 Å². The Bertz CT molecular complexity index is 556. The monoisotopic (exact) mass is 332 g/mol. The Morgan fingerprint density at radius 3 is 2.46 bits per heavy atom. The average molecular weight is 333 g/mol. The van der Waals surface area contributed by atoms with E-state index >= 15 is 0 Å². The zero-order valence-electron chi connectivity index (χ0n) is 16.4. The zero-order chi connectivity index (χ0) is 17.3. The van der Waals surface area contributed by atoms with Crippen LogP contribution in [-0.4, -0.2) is 51.3 Å². The van der Waals surface area contributed by atoms with E-state index in [1.165, 1.54) is 62.0 Å². The van der Waals surface area contributed by atoms with Gasteiger partial charge in [0.05, 0.1) is 5.69 Å². The first-order valence-corrected chi connectivity index (χ1v) is 9.99. The molecule has 24 heavy (non-hydrogen) atoms. The second kappa shape index (κ2) is 7.17. The van der Waals surface area contributed by atoms with Crippen molar-refractivity contribution in [1.29, 1.82) is 0 Å². The first-order chi connectivity index (χ1) is 11.5. The maximum absolute atomic E-state index is 4.75. The van der Waals surface area contributed by atoms with E-state index in [-0.39, 0.29) is 0 Å². The molecule has 136 valence electrons. The van der Waals surface area contributed by atoms with E-state index < -0.39 is 0 Å². The average Bonchev–Trinajstić information content (AvgIpc) is 3.07. The van der Waals surface area contributed by atoms with Gasteiger partial charge in [0.25, 0.3) is 0 Å². The molecular weight excluding hydrogens is 296 g/mol. The lowest BCUT2D eigenvalue weighted by molar-refractivity contribution is 0.0855. The molecule has 0 amide bonds. The van der Waals surface area contributed by atoms with Gasteiger partial charge in [-0.15, -0.1) is 0 Å². The van der Waals surface area contributed by atoms with Crippen LogP contribution in [0.25, 0.3) is 0 Å². The molecule has 4 heteroatoms. The van der Waals surface area contributed by atoms with Crippen LogP contribution in [0.4, 0.5) is 0 Å². The molecule has 1 saturated carbocycles. The fourth-order valence-electron chi connectivity index (χ4n) is 5.06. The molecule has 1 aromatic rings. The number of rotatable bonds is 5. The van der Waals surface area contributed by atoms with Crippen LogP contribution in [0.2, 0.25) is 0 Å². The molecular formula is C20H36N4. The highest BCUT2D eigenvalue weighted by Gasteiger charge is 2.46. The summed E-state index contributed by atoms with van der Waals surface area (Å²) in [6.45, 7) is 13.3. The lowest BCUT2D eigenvalue weighted by atomic mass is 9.79. The van der Waals surface area contributed by atoms with E-state index in [0.717, 1.165) is 25.7 Å². The van der Waals surface area contributed by atoms with Crippen molar-refractivity contribution in [3.63, 3.8) is 0 Å². The van der Waals surface area contributed by atoms with E-state index in [0.29, 0.717) is 5.54 Å². The summed E-state index contributed by atoms with van der Waals surface area (Å²) in [7, 11) is 2.30. The van der Waals surface area contributed by atoms with Gasteiger partial charge in [-0.25, -0.2) is 0 Å². The van der Waals surface area contributed by atoms with E-state index in [1.54, 1.807) is 0 Å². The molecule has 3 rings (SSSR count). The van der Waals surface area contributed by atoms with Crippen LogP contribution in [0, 0.1) is 13.8 Å². The summed E-state index contributed by atoms with van der Waals surface area (Å²) in [5.41, 5.74) is 4.52. The van der Waals surface area contributed by atoms with Crippen molar-refractivity contribution in [1.82, 2.24) is 19.6 Å². The molecule has 1 saturated heterocycles. The van der Waals surface area contributed by atoms with Crippen LogP contribution in [0.5, 0.6) is 0 Å². The molecule has 0 radical (unpaired) electrons. The van der Waals surface area contributed by atoms with Gasteiger partial charge in [0.1, 0.15) is 0 Å². The standard InChI is InChI=1S/C20H36N4/c1-6-22(5)18-13-20(11-9-8-10-12-20)23(14-18)15-19-16(3)21-24(7-2)17(19)4/h18H,6-15H2,1-5H3/t18-/m1/s1. The Balaban J connectivity index is 1.85. The highest BCUT2D eigenvalue weighted by Crippen LogP contribution is 2.43. The first kappa shape index (κ1) is 17.9. The van der Waals surface area contributed by atoms with Crippen molar-refractivity contribution < 1.29 is 0 Å². The smallest absolute Gasteiger partial charge is 0.0641 e. The summed E-state index contributed by atoms with van der Waals surface area (Å²) in [4.78, 5) is 5.39. The van der Waals surface area contributed by atoms with Crippen molar-refractivity contribution in [2.75, 3.05) is 20.1 Å². The molecule has 2 heterocycles. The summed E-state index contributed by atoms with van der Waals surface area (Å²) in [6, 6.07) is 0.718. The summed E-state index contributed by atoms with van der Waals surface area (Å²) in [5, 5.41) is 4.75. The minimum absolute atomic E-state index is 0.444. The van der Waals surface area contributed by atoms with Gasteiger partial charge in [-0.2, -0.15) is 5.10 Å². The highest BCUT2D eigenvalue weighted by molar-refractivity contribution is 5.25. The summed E-state index contributed by atoms with van der Waals surface area (Å²) in [6.07, 6.45) is 8.38. The number of aryl methyl sites for hydroxylation is 2. The molecule has 2 fully saturated rings. The zero-order valence-corrected chi connectivity index (χ0v) is 16.4. The minimum Gasteiger partial charge on any atom is -0.302 e. The summed E-state index contributed by atoms with van der Waals surface area (Å²) >= 11 is 0. The van der Waals surface area contributed by atoms with Crippen LogP contribution in [-0.2, 0) is 13.1 Å². The van der Waals surface area contributed by atoms with Crippen molar-refractivity contribution >= 4 is 0 Å². The number of likely N-dealkylation sites (N-methyl/N-ethyl adjacent to an activating group) is 1. The predicted molar refractivity (Wildman–Crippen MR) is 100 cm³/mol. The molecule has 0 unspecified atom stereocenters. The molecule has 0 N–H and O–H groups in total. The first-order valence-electron chi connectivity index (χ1n) is 9.99. The van der Waals surface area contributed by atoms with E-state index in [4.69, 9.17) is 5.10 Å². The number of aromatic nitrogens is 2. The summed E-state index contributed by atoms with van der Waals surface area (Å²) in [5.74, 6) is 0. The number of hydrogen-bond acceptors (Lipinski definition) is 3. The van der Waals surface area contributed by atoms with Gasteiger partial charge in [0.2, 0.25) is 0 Å². The Kier molecular flexibility index (Phi) is 5.36. The van der Waals surface area contributed by atoms with Gasteiger partial charge in [-0.1, -0.05) is 26.2 Å². The number of hydrogen-bond donors (Lipinski definition) is 0. The van der Waals surface area contributed by atoms with Crippen LogP contribution in [0.3, 0.4) is 0 Å². The third-order valence-corrected chi connectivity index (χ3v) is 6.80. The topological polar surface area (TPSA) is 24.3 Å². The number of likely N-dealkylation sites (tertiary alicyclic amines) is 1. The van der Waals surface area contributed by atoms with Gasteiger partial charge in [0, 0.05) is 42.5 Å². The molecule has 0 aromatic carbocycles. The van der Waals surface area contributed by atoms with Gasteiger partial charge >= 0.3 is 0 Å². The van der Waals surface area contributed by atoms with Gasteiger partial charge in [-0.3, -0.25) is 9.58 Å². The molecule has 0 bridgehead atoms. The predicted octanol–water partition coefficient (Wildman–Crippen LogP) is 3.75. The van der Waals surface area contributed by atoms with Crippen molar-refractivity contribution in [2.45, 2.75) is 90.9 Å². The fourth-order valence-corrected chi connectivity index (χ4v) is 5.06. The van der Waals surface area contributed by atoms with E-state index in [9.17, 15) is 0 Å². The lowest BCUT2D eigenvalue weighted by Crippen LogP contribution is -2.44. The maximum Gasteiger partial charge on any atom is 0.0641 e. The van der Waals surface area contributed by atoms with E-state index in [2.05, 4.69) is 49.2 Å². The van der Waals surface area contributed by atoms with Gasteiger partial charge < -0.3 is 4.90 Å². The fraction of sp³-hybridized carbons (Fsp3) is 0.850. The lowest BCUT2D eigenvalue weighted by Gasteiger charge is -2.41. The normalized spacial score (nSPS) is 24.3. The summed E-state index contributed by atoms with van der Waals surface area (Å²) < 4.78 is 2.17. The minimum atomic E-state index is 0.444. The van der Waals surface area contributed by atoms with Crippen molar-refractivity contribution in [3.8, 4) is 0 Å². The van der Waals surface area contributed by atoms with Crippen molar-refractivity contribution in [3.05, 3.63) is 17.0 Å². The molecule has 2 aliphatic rings. The quantitative estimate of drug-likeness (QED) is 0.821. The van der Waals surface area contributed by atoms with Gasteiger partial charge in [0.15, 0.2) is 0 Å². The van der Waals surface area contributed by atoms with Crippen LogP contribution in [0.1, 0.15) is 69.3 Å². The van der Waals surface area contributed by atoms with Crippen LogP contribution >= 0.6 is 0 Å². The van der Waals surface area contributed by atoms with Gasteiger partial charge in [-0.05, 0) is 53.6 Å². The number of nitrogens with zero attached hydrogens (tertiary/aromatic N) is 4. The molecule has 1 aromatic heterocycles. The Labute approximate surface area is 148 Å². The van der Waals surface area contributed by atoms with E-state index in [1.807, 2.05) is 0 Å². The SMILES string of the molecule is CCN(C)[C@H]1CN(Cc2c(C)nn(CC)c2C)C2(CCCCC2)C1. The molecule has 4 nitrogen and oxygen atoms in total. The second-order valence-electron chi connectivity index (χ2n) is 8.06. The molecule has 1 aliphatic heterocycles. The second-order valence-corrected chi connectivity index (χ2v) is 8.06. The Hall–Kier alpha value is -0.870. The Morgan fingerprint density at radius 2 is 1.88 bits per heavy atom. The molecule has 1 atom stereocenters. The van der Waals surface area contributed by atoms with Crippen LogP contribution < -0.4 is 0 Å². The Morgan fingerprint density at radius 1 is 1.17 bits per heavy atom. The molecule has 1 spiro atoms. The molecule has 1 aliphatic carbocycles. The van der Waals surface area contributed by atoms with Crippen LogP contribution in [0.15, 0.2) is 0 Å². The maximum atomic E-state index is 4.75. The highest BCUT2D eigenvalue weighted by atomic mass is 15.3.